The van der Waals surface area contributed by atoms with Gasteiger partial charge in [0, 0.05) is 29.4 Å². The van der Waals surface area contributed by atoms with Crippen molar-refractivity contribution in [3.8, 4) is 0 Å². The Morgan fingerprint density at radius 2 is 1.85 bits per heavy atom. The van der Waals surface area contributed by atoms with E-state index in [1.54, 1.807) is 12.1 Å². The van der Waals surface area contributed by atoms with Crippen LogP contribution in [0.1, 0.15) is 65.6 Å². The third kappa shape index (κ3) is 4.51. The van der Waals surface area contributed by atoms with Crippen LogP contribution < -0.4 is 10.6 Å². The van der Waals surface area contributed by atoms with Gasteiger partial charge in [0.05, 0.1) is 6.54 Å². The van der Waals surface area contributed by atoms with Crippen molar-refractivity contribution in [3.63, 3.8) is 0 Å². The van der Waals surface area contributed by atoms with E-state index < -0.39 is 6.04 Å². The lowest BCUT2D eigenvalue weighted by Crippen LogP contribution is -2.49. The second kappa shape index (κ2) is 9.71. The fourth-order valence-electron chi connectivity index (χ4n) is 5.74. The Bertz CT molecular complexity index is 1100. The third-order valence-electron chi connectivity index (χ3n) is 7.64. The van der Waals surface area contributed by atoms with Crippen molar-refractivity contribution < 1.29 is 14.0 Å². The Kier molecular flexibility index (Phi) is 6.50. The van der Waals surface area contributed by atoms with Gasteiger partial charge in [0.25, 0.3) is 5.91 Å². The highest BCUT2D eigenvalue weighted by Gasteiger charge is 2.40. The summed E-state index contributed by atoms with van der Waals surface area (Å²) >= 11 is 0. The number of amides is 2. The molecule has 3 aliphatic rings. The van der Waals surface area contributed by atoms with E-state index in [1.807, 2.05) is 18.2 Å². The highest BCUT2D eigenvalue weighted by Crippen LogP contribution is 2.34. The molecule has 5 nitrogen and oxygen atoms in total. The zero-order chi connectivity index (χ0) is 23.7. The van der Waals surface area contributed by atoms with Crippen LogP contribution in [-0.2, 0) is 24.3 Å². The van der Waals surface area contributed by atoms with Crippen molar-refractivity contribution >= 4 is 11.8 Å². The smallest absolute Gasteiger partial charge is 0.255 e. The van der Waals surface area contributed by atoms with Gasteiger partial charge in [0.1, 0.15) is 11.9 Å². The Morgan fingerprint density at radius 1 is 1.06 bits per heavy atom. The largest absolute Gasteiger partial charge is 0.329 e. The van der Waals surface area contributed by atoms with Gasteiger partial charge < -0.3 is 15.5 Å². The molecule has 0 aromatic heterocycles. The van der Waals surface area contributed by atoms with E-state index in [1.165, 1.54) is 16.9 Å². The lowest BCUT2D eigenvalue weighted by atomic mass is 9.80. The fourth-order valence-corrected chi connectivity index (χ4v) is 5.74. The Labute approximate surface area is 200 Å². The molecule has 2 aromatic rings. The van der Waals surface area contributed by atoms with Crippen molar-refractivity contribution in [1.29, 1.82) is 0 Å². The first-order chi connectivity index (χ1) is 16.5. The van der Waals surface area contributed by atoms with Crippen LogP contribution in [0, 0.1) is 11.7 Å². The average Bonchev–Trinajstić information content (AvgIpc) is 3.18. The van der Waals surface area contributed by atoms with E-state index in [-0.39, 0.29) is 24.2 Å². The minimum Gasteiger partial charge on any atom is -0.329 e. The van der Waals surface area contributed by atoms with Gasteiger partial charge in [-0.15, -0.1) is 0 Å². The molecule has 34 heavy (non-hydrogen) atoms. The molecular formula is C28H32FN3O2. The first-order valence-corrected chi connectivity index (χ1v) is 12.4. The van der Waals surface area contributed by atoms with Crippen LogP contribution in [0.25, 0.3) is 0 Å². The third-order valence-corrected chi connectivity index (χ3v) is 7.64. The lowest BCUT2D eigenvalue weighted by Gasteiger charge is -2.33. The molecule has 1 saturated carbocycles. The fraction of sp³-hybridized carbons (Fsp3) is 0.429. The number of allylic oxidation sites excluding steroid dienone is 1. The number of carbonyl (C=O) groups is 2. The zero-order valence-corrected chi connectivity index (χ0v) is 19.5. The maximum atomic E-state index is 15.7. The van der Waals surface area contributed by atoms with Crippen LogP contribution in [0.5, 0.6) is 0 Å². The van der Waals surface area contributed by atoms with E-state index in [0.29, 0.717) is 53.6 Å². The summed E-state index contributed by atoms with van der Waals surface area (Å²) in [5, 5.41) is 6.44. The van der Waals surface area contributed by atoms with Gasteiger partial charge in [0.2, 0.25) is 5.91 Å². The second-order valence-corrected chi connectivity index (χ2v) is 9.87. The summed E-state index contributed by atoms with van der Waals surface area (Å²) in [7, 11) is 0. The van der Waals surface area contributed by atoms with E-state index >= 15 is 4.39 Å². The monoisotopic (exact) mass is 461 g/mol. The highest BCUT2D eigenvalue weighted by molar-refractivity contribution is 6.01. The van der Waals surface area contributed by atoms with Crippen LogP contribution in [0.2, 0.25) is 0 Å². The molecule has 1 unspecified atom stereocenters. The van der Waals surface area contributed by atoms with Gasteiger partial charge in [-0.2, -0.15) is 0 Å². The molecule has 2 aromatic carbocycles. The van der Waals surface area contributed by atoms with Crippen LogP contribution in [0.3, 0.4) is 0 Å². The molecule has 2 N–H and O–H groups in total. The van der Waals surface area contributed by atoms with Crippen LogP contribution in [0.15, 0.2) is 54.7 Å². The molecule has 2 heterocycles. The SMILES string of the molecule is C=C1CCC(N2Cc3c(ccc(C[C@H]4CCCC[C@@H]4NCc4ccccc4)c3F)C2=O)C(=O)N1. The maximum Gasteiger partial charge on any atom is 0.255 e. The normalized spacial score (nSPS) is 24.8. The van der Waals surface area contributed by atoms with Crippen molar-refractivity contribution in [1.82, 2.24) is 15.5 Å². The zero-order valence-electron chi connectivity index (χ0n) is 19.5. The summed E-state index contributed by atoms with van der Waals surface area (Å²) in [6, 6.07) is 13.7. The molecule has 178 valence electrons. The number of benzene rings is 2. The van der Waals surface area contributed by atoms with Crippen molar-refractivity contribution in [2.24, 2.45) is 5.92 Å². The standard InChI is InChI=1S/C28H32FN3O2/c1-18-11-14-25(27(33)31-18)32-17-23-22(28(32)34)13-12-21(26(23)29)15-20-9-5-6-10-24(20)30-16-19-7-3-2-4-8-19/h2-4,7-8,12-13,20,24-25,30H,1,5-6,9-11,14-17H2,(H,31,33)/t20-,24+,25?/m1/s1. The minimum absolute atomic E-state index is 0.152. The van der Waals surface area contributed by atoms with E-state index in [0.717, 1.165) is 25.8 Å². The lowest BCUT2D eigenvalue weighted by molar-refractivity contribution is -0.126. The Hall–Kier alpha value is -2.99. The van der Waals surface area contributed by atoms with Gasteiger partial charge >= 0.3 is 0 Å². The summed E-state index contributed by atoms with van der Waals surface area (Å²) in [6.45, 7) is 4.77. The molecule has 0 spiro atoms. The summed E-state index contributed by atoms with van der Waals surface area (Å²) in [5.74, 6) is -0.407. The quantitative estimate of drug-likeness (QED) is 0.668. The maximum absolute atomic E-state index is 15.7. The summed E-state index contributed by atoms with van der Waals surface area (Å²) in [6.07, 6.45) is 6.32. The van der Waals surface area contributed by atoms with Gasteiger partial charge in [-0.25, -0.2) is 4.39 Å². The van der Waals surface area contributed by atoms with Crippen molar-refractivity contribution in [3.05, 3.63) is 82.8 Å². The highest BCUT2D eigenvalue weighted by atomic mass is 19.1. The molecule has 1 saturated heterocycles. The summed E-state index contributed by atoms with van der Waals surface area (Å²) < 4.78 is 15.7. The minimum atomic E-state index is -0.571. The average molecular weight is 462 g/mol. The van der Waals surface area contributed by atoms with Crippen molar-refractivity contribution in [2.45, 2.75) is 70.1 Å². The number of hydrogen-bond donors (Lipinski definition) is 2. The Morgan fingerprint density at radius 3 is 2.65 bits per heavy atom. The van der Waals surface area contributed by atoms with Gasteiger partial charge in [-0.3, -0.25) is 9.59 Å². The number of hydrogen-bond acceptors (Lipinski definition) is 3. The van der Waals surface area contributed by atoms with E-state index in [2.05, 4.69) is 29.3 Å². The molecular weight excluding hydrogens is 429 g/mol. The first kappa shape index (κ1) is 22.8. The van der Waals surface area contributed by atoms with E-state index in [9.17, 15) is 9.59 Å². The predicted octanol–water partition coefficient (Wildman–Crippen LogP) is 4.46. The van der Waals surface area contributed by atoms with E-state index in [4.69, 9.17) is 0 Å². The van der Waals surface area contributed by atoms with Crippen LogP contribution >= 0.6 is 0 Å². The predicted molar refractivity (Wildman–Crippen MR) is 129 cm³/mol. The molecule has 2 amide bonds. The Balaban J connectivity index is 1.30. The number of piperidine rings is 1. The summed E-state index contributed by atoms with van der Waals surface area (Å²) in [5.41, 5.74) is 3.42. The second-order valence-electron chi connectivity index (χ2n) is 9.87. The molecule has 5 rings (SSSR count). The van der Waals surface area contributed by atoms with Gasteiger partial charge in [-0.1, -0.05) is 55.8 Å². The molecule has 0 bridgehead atoms. The molecule has 2 fully saturated rings. The molecule has 1 aliphatic carbocycles. The topological polar surface area (TPSA) is 61.4 Å². The number of nitrogens with zero attached hydrogens (tertiary/aromatic N) is 1. The van der Waals surface area contributed by atoms with Gasteiger partial charge in [-0.05, 0) is 55.2 Å². The summed E-state index contributed by atoms with van der Waals surface area (Å²) in [4.78, 5) is 26.9. The number of nitrogens with one attached hydrogen (secondary N) is 2. The van der Waals surface area contributed by atoms with Crippen LogP contribution in [-0.4, -0.2) is 28.8 Å². The first-order valence-electron chi connectivity index (χ1n) is 12.4. The van der Waals surface area contributed by atoms with Gasteiger partial charge in [0.15, 0.2) is 0 Å². The number of fused-ring (bicyclic) bond motifs is 1. The molecule has 2 aliphatic heterocycles. The van der Waals surface area contributed by atoms with Crippen LogP contribution in [0.4, 0.5) is 4.39 Å². The number of rotatable bonds is 6. The van der Waals surface area contributed by atoms with Crippen molar-refractivity contribution in [2.75, 3.05) is 0 Å². The molecule has 3 atom stereocenters. The molecule has 0 radical (unpaired) electrons. The number of halogens is 1. The number of carbonyl (C=O) groups excluding carboxylic acids is 2. The molecule has 6 heteroatoms.